The second-order valence-electron chi connectivity index (χ2n) is 8.83. The van der Waals surface area contributed by atoms with Gasteiger partial charge in [-0.25, -0.2) is 58.8 Å². The van der Waals surface area contributed by atoms with Crippen LogP contribution in [0.3, 0.4) is 0 Å². The maximum atomic E-state index is 15.5. The minimum absolute atomic E-state index is 0.0136. The first-order valence-electron chi connectivity index (χ1n) is 11.2. The second-order valence-corrected chi connectivity index (χ2v) is 12.3. The molecule has 1 aromatic heterocycles. The predicted octanol–water partition coefficient (Wildman–Crippen LogP) is 0.732. The summed E-state index contributed by atoms with van der Waals surface area (Å²) >= 11 is 0. The smallest absolute Gasteiger partial charge is 0.246 e. The van der Waals surface area contributed by atoms with Crippen LogP contribution in [0.25, 0.3) is 17.1 Å². The van der Waals surface area contributed by atoms with Crippen LogP contribution in [0.1, 0.15) is 11.1 Å². The normalized spacial score (nSPS) is 11.5. The third-order valence-electron chi connectivity index (χ3n) is 6.58. The average Bonchev–Trinajstić information content (AvgIpc) is 2.95. The van der Waals surface area contributed by atoms with E-state index in [1.165, 1.54) is 13.8 Å². The molecule has 0 radical (unpaired) electrons. The van der Waals surface area contributed by atoms with Gasteiger partial charge in [-0.2, -0.15) is 0 Å². The standard InChI is InChI=1S/C23H18F7N3O3P6/c1-3-15(37)7(26)5(24)13(17(3)39)32-21(34)31(12-9(28)19(41)11(30)20(42)10(12)29)22(35)33(23(32)36)14-6(25)8(27)16(38)4(2)18(14)40/h37-42H2,1-2H3. The molecule has 6 unspecified atom stereocenters. The van der Waals surface area contributed by atoms with Crippen molar-refractivity contribution in [2.24, 2.45) is 0 Å². The minimum Gasteiger partial charge on any atom is -0.246 e. The average molecular weight is 703 g/mol. The number of hydrogen-bond donors (Lipinski definition) is 0. The molecule has 6 atom stereocenters. The molecule has 4 aromatic rings. The fourth-order valence-corrected chi connectivity index (χ4v) is 6.57. The highest BCUT2D eigenvalue weighted by molar-refractivity contribution is 7.31. The van der Waals surface area contributed by atoms with E-state index in [0.29, 0.717) is 0 Å². The molecule has 0 aliphatic carbocycles. The Hall–Kier alpha value is -1.84. The Kier molecular flexibility index (Phi) is 9.12. The first-order chi connectivity index (χ1) is 19.4. The molecule has 0 aliphatic heterocycles. The van der Waals surface area contributed by atoms with Crippen molar-refractivity contribution in [3.8, 4) is 17.1 Å². The summed E-state index contributed by atoms with van der Waals surface area (Å²) in [6, 6.07) is 0. The van der Waals surface area contributed by atoms with E-state index >= 15 is 17.6 Å². The zero-order valence-electron chi connectivity index (χ0n) is 21.2. The molecular formula is C23H18F7N3O3P6. The fourth-order valence-electron chi connectivity index (χ4n) is 4.10. The molecule has 0 spiro atoms. The van der Waals surface area contributed by atoms with Gasteiger partial charge in [0, 0.05) is 31.8 Å². The van der Waals surface area contributed by atoms with Gasteiger partial charge in [-0.1, -0.05) is 18.5 Å². The van der Waals surface area contributed by atoms with Crippen LogP contribution in [-0.2, 0) is 0 Å². The van der Waals surface area contributed by atoms with Gasteiger partial charge in [0.05, 0.1) is 0 Å². The van der Waals surface area contributed by atoms with Gasteiger partial charge in [0.15, 0.2) is 34.9 Å². The van der Waals surface area contributed by atoms with Crippen molar-refractivity contribution in [1.29, 1.82) is 0 Å². The second kappa shape index (κ2) is 11.6. The third-order valence-corrected chi connectivity index (χ3v) is 10.4. The predicted molar refractivity (Wildman–Crippen MR) is 168 cm³/mol. The molecule has 0 fully saturated rings. The largest absolute Gasteiger partial charge is 0.345 e. The molecule has 0 bridgehead atoms. The van der Waals surface area contributed by atoms with E-state index in [4.69, 9.17) is 0 Å². The SMILES string of the molecule is Cc1c(P)c(F)c(F)c(-n2c(=O)n(-c3c(F)c(P)c(F)c(P)c3F)c(=O)n(-c3c(F)c(F)c(P)c(C)c3P)c2=O)c1P. The third kappa shape index (κ3) is 4.68. The quantitative estimate of drug-likeness (QED) is 0.234. The van der Waals surface area contributed by atoms with Gasteiger partial charge in [-0.3, -0.25) is 0 Å². The van der Waals surface area contributed by atoms with Gasteiger partial charge in [0.25, 0.3) is 0 Å². The number of halogens is 7. The van der Waals surface area contributed by atoms with Gasteiger partial charge in [-0.15, -0.1) is 37.0 Å². The summed E-state index contributed by atoms with van der Waals surface area (Å²) in [4.78, 5) is 41.4. The zero-order valence-corrected chi connectivity index (χ0v) is 28.1. The van der Waals surface area contributed by atoms with E-state index < -0.39 is 85.5 Å². The molecule has 0 amide bonds. The highest BCUT2D eigenvalue weighted by atomic mass is 31.0. The first kappa shape index (κ1) is 33.1. The van der Waals surface area contributed by atoms with Gasteiger partial charge in [0.2, 0.25) is 0 Å². The lowest BCUT2D eigenvalue weighted by Crippen LogP contribution is -2.55. The van der Waals surface area contributed by atoms with Crippen molar-refractivity contribution >= 4 is 87.3 Å². The lowest BCUT2D eigenvalue weighted by atomic mass is 10.2. The Bertz CT molecular complexity index is 1730. The summed E-state index contributed by atoms with van der Waals surface area (Å²) in [6.07, 6.45) is 0. The molecule has 42 heavy (non-hydrogen) atoms. The van der Waals surface area contributed by atoms with Crippen molar-refractivity contribution in [2.75, 3.05) is 0 Å². The molecule has 6 nitrogen and oxygen atoms in total. The van der Waals surface area contributed by atoms with Crippen LogP contribution in [0.15, 0.2) is 14.4 Å². The minimum atomic E-state index is -1.93. The summed E-state index contributed by atoms with van der Waals surface area (Å²) < 4.78 is 105. The van der Waals surface area contributed by atoms with E-state index in [0.717, 1.165) is 0 Å². The molecule has 3 aromatic carbocycles. The maximum Gasteiger partial charge on any atom is 0.345 e. The van der Waals surface area contributed by atoms with E-state index in [1.807, 2.05) is 37.0 Å². The first-order valence-corrected chi connectivity index (χ1v) is 14.6. The van der Waals surface area contributed by atoms with Gasteiger partial charge < -0.3 is 0 Å². The van der Waals surface area contributed by atoms with Crippen LogP contribution in [0.5, 0.6) is 0 Å². The Morgan fingerprint density at radius 3 is 0.976 bits per heavy atom. The summed E-state index contributed by atoms with van der Waals surface area (Å²) in [5.74, 6) is -11.7. The van der Waals surface area contributed by atoms with Crippen molar-refractivity contribution in [3.63, 3.8) is 0 Å². The highest BCUT2D eigenvalue weighted by Crippen LogP contribution is 2.22. The maximum absolute atomic E-state index is 15.5. The van der Waals surface area contributed by atoms with Crippen molar-refractivity contribution in [3.05, 3.63) is 83.3 Å². The van der Waals surface area contributed by atoms with Crippen molar-refractivity contribution in [1.82, 2.24) is 13.7 Å². The van der Waals surface area contributed by atoms with Crippen molar-refractivity contribution < 1.29 is 30.7 Å². The number of rotatable bonds is 3. The van der Waals surface area contributed by atoms with Gasteiger partial charge >= 0.3 is 17.1 Å². The Morgan fingerprint density at radius 1 is 0.381 bits per heavy atom. The van der Waals surface area contributed by atoms with Crippen molar-refractivity contribution in [2.45, 2.75) is 13.8 Å². The summed E-state index contributed by atoms with van der Waals surface area (Å²) in [6.45, 7) is 2.57. The number of aromatic nitrogens is 3. The Morgan fingerprint density at radius 2 is 0.667 bits per heavy atom. The topological polar surface area (TPSA) is 66.0 Å². The van der Waals surface area contributed by atoms with Crippen LogP contribution < -0.4 is 48.9 Å². The van der Waals surface area contributed by atoms with E-state index in [9.17, 15) is 27.6 Å². The van der Waals surface area contributed by atoms with Crippen LogP contribution >= 0.6 is 55.4 Å². The van der Waals surface area contributed by atoms with Crippen LogP contribution in [0, 0.1) is 54.6 Å². The molecule has 4 rings (SSSR count). The Balaban J connectivity index is 2.44. The molecule has 0 aliphatic rings. The molecular weight excluding hydrogens is 685 g/mol. The highest BCUT2D eigenvalue weighted by Gasteiger charge is 2.32. The fraction of sp³-hybridized carbons (Fsp3) is 0.0870. The zero-order chi connectivity index (χ0) is 31.9. The van der Waals surface area contributed by atoms with Crippen LogP contribution in [-0.4, -0.2) is 13.7 Å². The summed E-state index contributed by atoms with van der Waals surface area (Å²) in [5.41, 5.74) is -9.46. The molecule has 19 heteroatoms. The molecule has 222 valence electrons. The van der Waals surface area contributed by atoms with Gasteiger partial charge in [-0.05, 0) is 25.0 Å². The lowest BCUT2D eigenvalue weighted by molar-refractivity contribution is 0.494. The number of nitrogens with zero attached hydrogens (tertiary/aromatic N) is 3. The number of benzene rings is 3. The van der Waals surface area contributed by atoms with Crippen LogP contribution in [0.2, 0.25) is 0 Å². The van der Waals surface area contributed by atoms with E-state index in [1.54, 1.807) is 18.5 Å². The molecule has 0 saturated carbocycles. The monoisotopic (exact) mass is 703 g/mol. The summed E-state index contributed by atoms with van der Waals surface area (Å²) in [7, 11) is 11.0. The molecule has 1 heterocycles. The van der Waals surface area contributed by atoms with Gasteiger partial charge in [0.1, 0.15) is 22.9 Å². The number of hydrogen-bond acceptors (Lipinski definition) is 3. The molecule has 0 saturated heterocycles. The van der Waals surface area contributed by atoms with E-state index in [-0.39, 0.29) is 46.0 Å². The summed E-state index contributed by atoms with van der Waals surface area (Å²) in [5, 5.41) is -3.08. The van der Waals surface area contributed by atoms with Crippen LogP contribution in [0.4, 0.5) is 30.7 Å². The molecule has 0 N–H and O–H groups in total. The Labute approximate surface area is 245 Å². The lowest BCUT2D eigenvalue weighted by Gasteiger charge is -2.21. The van der Waals surface area contributed by atoms with E-state index in [2.05, 4.69) is 0 Å².